The van der Waals surface area contributed by atoms with Gasteiger partial charge in [0.2, 0.25) is 5.75 Å². The number of hydrogen-bond donors (Lipinski definition) is 1. The molecule has 1 aromatic carbocycles. The molecule has 2 bridgehead atoms. The highest BCUT2D eigenvalue weighted by Crippen LogP contribution is 2.42. The van der Waals surface area contributed by atoms with Gasteiger partial charge in [-0.3, -0.25) is 4.79 Å². The Bertz CT molecular complexity index is 616. The van der Waals surface area contributed by atoms with Crippen molar-refractivity contribution >= 4 is 11.6 Å². The average molecular weight is 318 g/mol. The van der Waals surface area contributed by atoms with Crippen LogP contribution in [-0.2, 0) is 0 Å². The van der Waals surface area contributed by atoms with Crippen molar-refractivity contribution in [2.75, 3.05) is 21.3 Å². The minimum absolute atomic E-state index is 0.278. The Balaban J connectivity index is 1.78. The van der Waals surface area contributed by atoms with Gasteiger partial charge in [0.15, 0.2) is 11.5 Å². The van der Waals surface area contributed by atoms with Crippen LogP contribution < -0.4 is 19.6 Å². The molecule has 2 fully saturated rings. The monoisotopic (exact) mass is 318 g/mol. The van der Waals surface area contributed by atoms with Gasteiger partial charge >= 0.3 is 0 Å². The molecule has 0 spiro atoms. The number of nitrogens with one attached hydrogen (secondary N) is 1. The number of hydrogen-bond acceptors (Lipinski definition) is 5. The zero-order valence-corrected chi connectivity index (χ0v) is 13.7. The molecule has 6 nitrogen and oxygen atoms in total. The molecule has 2 saturated carbocycles. The molecule has 0 heterocycles. The quantitative estimate of drug-likeness (QED) is 0.847. The third-order valence-electron chi connectivity index (χ3n) is 4.74. The number of methoxy groups -OCH3 is 3. The van der Waals surface area contributed by atoms with Gasteiger partial charge in [-0.25, -0.2) is 5.43 Å². The van der Waals surface area contributed by atoms with Gasteiger partial charge < -0.3 is 14.2 Å². The number of hydrazone groups is 1. The van der Waals surface area contributed by atoms with Crippen LogP contribution in [0.4, 0.5) is 0 Å². The van der Waals surface area contributed by atoms with Crippen LogP contribution in [0.3, 0.4) is 0 Å². The van der Waals surface area contributed by atoms with Crippen molar-refractivity contribution in [2.45, 2.75) is 25.7 Å². The predicted molar refractivity (Wildman–Crippen MR) is 86.4 cm³/mol. The molecule has 124 valence electrons. The van der Waals surface area contributed by atoms with Crippen molar-refractivity contribution in [2.24, 2.45) is 16.9 Å². The van der Waals surface area contributed by atoms with Gasteiger partial charge in [0.25, 0.3) is 5.91 Å². The molecule has 0 saturated heterocycles. The third kappa shape index (κ3) is 2.98. The van der Waals surface area contributed by atoms with E-state index in [1.165, 1.54) is 40.6 Å². The Morgan fingerprint density at radius 3 is 2.30 bits per heavy atom. The summed E-state index contributed by atoms with van der Waals surface area (Å²) in [4.78, 5) is 12.4. The van der Waals surface area contributed by atoms with Crippen LogP contribution in [0.2, 0.25) is 0 Å². The van der Waals surface area contributed by atoms with E-state index < -0.39 is 0 Å². The van der Waals surface area contributed by atoms with Gasteiger partial charge in [0.05, 0.1) is 21.3 Å². The maximum absolute atomic E-state index is 12.4. The second-order valence-corrected chi connectivity index (χ2v) is 6.04. The van der Waals surface area contributed by atoms with Gasteiger partial charge in [-0.05, 0) is 49.7 Å². The van der Waals surface area contributed by atoms with Gasteiger partial charge in [-0.2, -0.15) is 5.10 Å². The lowest BCUT2D eigenvalue weighted by molar-refractivity contribution is 0.0953. The fraction of sp³-hybridized carbons (Fsp3) is 0.529. The lowest BCUT2D eigenvalue weighted by atomic mass is 9.99. The normalized spacial score (nSPS) is 23.9. The molecular formula is C17H22N2O4. The summed E-state index contributed by atoms with van der Waals surface area (Å²) in [6, 6.07) is 3.25. The fourth-order valence-corrected chi connectivity index (χ4v) is 3.56. The number of nitrogens with zero attached hydrogens (tertiary/aromatic N) is 1. The summed E-state index contributed by atoms with van der Waals surface area (Å²) in [6.07, 6.45) is 4.73. The molecule has 0 aromatic heterocycles. The number of carbonyl (C=O) groups is 1. The van der Waals surface area contributed by atoms with Gasteiger partial charge in [-0.1, -0.05) is 0 Å². The lowest BCUT2D eigenvalue weighted by Gasteiger charge is -2.14. The van der Waals surface area contributed by atoms with E-state index in [1.54, 1.807) is 12.1 Å². The van der Waals surface area contributed by atoms with Gasteiger partial charge in [0, 0.05) is 11.3 Å². The summed E-state index contributed by atoms with van der Waals surface area (Å²) in [5, 5.41) is 4.34. The van der Waals surface area contributed by atoms with E-state index in [0.29, 0.717) is 28.7 Å². The minimum atomic E-state index is -0.278. The second kappa shape index (κ2) is 6.48. The van der Waals surface area contributed by atoms with Gasteiger partial charge in [0.1, 0.15) is 0 Å². The molecule has 0 unspecified atom stereocenters. The van der Waals surface area contributed by atoms with E-state index >= 15 is 0 Å². The third-order valence-corrected chi connectivity index (χ3v) is 4.74. The zero-order chi connectivity index (χ0) is 16.4. The molecule has 1 aromatic rings. The maximum atomic E-state index is 12.4. The molecule has 0 radical (unpaired) electrons. The number of carbonyl (C=O) groups excluding carboxylic acids is 1. The molecule has 6 heteroatoms. The van der Waals surface area contributed by atoms with E-state index in [4.69, 9.17) is 14.2 Å². The number of benzene rings is 1. The number of amides is 1. The van der Waals surface area contributed by atoms with Crippen LogP contribution in [0.25, 0.3) is 0 Å². The van der Waals surface area contributed by atoms with Crippen molar-refractivity contribution in [3.05, 3.63) is 17.7 Å². The molecule has 1 N–H and O–H groups in total. The summed E-state index contributed by atoms with van der Waals surface area (Å²) in [5.41, 5.74) is 4.21. The first-order valence-corrected chi connectivity index (χ1v) is 7.83. The Morgan fingerprint density at radius 2 is 1.83 bits per heavy atom. The van der Waals surface area contributed by atoms with Crippen LogP contribution in [0.1, 0.15) is 36.0 Å². The predicted octanol–water partition coefficient (Wildman–Crippen LogP) is 2.62. The highest BCUT2D eigenvalue weighted by Gasteiger charge is 2.36. The van der Waals surface area contributed by atoms with Crippen molar-refractivity contribution < 1.29 is 19.0 Å². The second-order valence-electron chi connectivity index (χ2n) is 6.04. The molecule has 3 rings (SSSR count). The fourth-order valence-electron chi connectivity index (χ4n) is 3.56. The summed E-state index contributed by atoms with van der Waals surface area (Å²) in [7, 11) is 4.57. The average Bonchev–Trinajstić information content (AvgIpc) is 3.21. The summed E-state index contributed by atoms with van der Waals surface area (Å²) in [6.45, 7) is 0. The van der Waals surface area contributed by atoms with E-state index in [0.717, 1.165) is 18.1 Å². The van der Waals surface area contributed by atoms with Gasteiger partial charge in [-0.15, -0.1) is 0 Å². The van der Waals surface area contributed by atoms with Crippen LogP contribution in [0.5, 0.6) is 17.2 Å². The highest BCUT2D eigenvalue weighted by atomic mass is 16.5. The minimum Gasteiger partial charge on any atom is -0.493 e. The lowest BCUT2D eigenvalue weighted by Crippen LogP contribution is -2.22. The molecule has 0 aliphatic heterocycles. The number of ether oxygens (including phenoxy) is 3. The van der Waals surface area contributed by atoms with Crippen molar-refractivity contribution in [3.8, 4) is 17.2 Å². The van der Waals surface area contributed by atoms with Crippen LogP contribution in [0, 0.1) is 11.8 Å². The summed E-state index contributed by atoms with van der Waals surface area (Å²) >= 11 is 0. The van der Waals surface area contributed by atoms with Crippen LogP contribution >= 0.6 is 0 Å². The van der Waals surface area contributed by atoms with Crippen LogP contribution in [-0.4, -0.2) is 32.9 Å². The van der Waals surface area contributed by atoms with E-state index in [2.05, 4.69) is 10.5 Å². The SMILES string of the molecule is COc1cc(C(=O)N/N=C2\C[C@@H]3CC[C@@H]2C3)cc(OC)c1OC. The maximum Gasteiger partial charge on any atom is 0.271 e. The van der Waals surface area contributed by atoms with E-state index in [9.17, 15) is 4.79 Å². The molecule has 2 aliphatic rings. The Labute approximate surface area is 135 Å². The number of fused-ring (bicyclic) bond motifs is 2. The van der Waals surface area contributed by atoms with Crippen molar-refractivity contribution in [3.63, 3.8) is 0 Å². The standard InChI is InChI=1S/C17H22N2O4/c1-21-14-8-12(9-15(22-2)16(14)23-3)17(20)19-18-13-7-10-4-5-11(13)6-10/h8-11H,4-7H2,1-3H3,(H,19,20)/b18-13+/t10-,11-/m1/s1. The molecule has 23 heavy (non-hydrogen) atoms. The molecular weight excluding hydrogens is 296 g/mol. The Morgan fingerprint density at radius 1 is 1.13 bits per heavy atom. The zero-order valence-electron chi connectivity index (χ0n) is 13.7. The summed E-state index contributed by atoms with van der Waals surface area (Å²) < 4.78 is 15.8. The molecule has 1 amide bonds. The van der Waals surface area contributed by atoms with Crippen LogP contribution in [0.15, 0.2) is 17.2 Å². The largest absolute Gasteiger partial charge is 0.493 e. The first-order chi connectivity index (χ1) is 11.2. The first-order valence-electron chi connectivity index (χ1n) is 7.83. The molecule has 2 atom stereocenters. The van der Waals surface area contributed by atoms with E-state index in [-0.39, 0.29) is 5.91 Å². The first kappa shape index (κ1) is 15.6. The Kier molecular flexibility index (Phi) is 4.41. The number of rotatable bonds is 5. The Hall–Kier alpha value is -2.24. The smallest absolute Gasteiger partial charge is 0.271 e. The van der Waals surface area contributed by atoms with Crippen molar-refractivity contribution in [1.82, 2.24) is 5.43 Å². The van der Waals surface area contributed by atoms with Crippen molar-refractivity contribution in [1.29, 1.82) is 0 Å². The molecule has 2 aliphatic carbocycles. The topological polar surface area (TPSA) is 69.2 Å². The highest BCUT2D eigenvalue weighted by molar-refractivity contribution is 5.97. The summed E-state index contributed by atoms with van der Waals surface area (Å²) in [5.74, 6) is 2.40. The van der Waals surface area contributed by atoms with E-state index in [1.807, 2.05) is 0 Å².